The second kappa shape index (κ2) is 6.50. The average Bonchev–Trinajstić information content (AvgIpc) is 3.24. The fourth-order valence-electron chi connectivity index (χ4n) is 3.12. The van der Waals surface area contributed by atoms with E-state index in [1.807, 2.05) is 53.9 Å². The molecule has 25 heavy (non-hydrogen) atoms. The predicted octanol–water partition coefficient (Wildman–Crippen LogP) is 4.07. The zero-order valence-electron chi connectivity index (χ0n) is 13.4. The summed E-state index contributed by atoms with van der Waals surface area (Å²) in [6.07, 6.45) is 0.648. The van der Waals surface area contributed by atoms with Gasteiger partial charge < -0.3 is 4.90 Å². The summed E-state index contributed by atoms with van der Waals surface area (Å²) >= 11 is 1.59. The van der Waals surface area contributed by atoms with E-state index in [-0.39, 0.29) is 5.91 Å². The Kier molecular flexibility index (Phi) is 4.04. The van der Waals surface area contributed by atoms with Gasteiger partial charge in [-0.3, -0.25) is 4.79 Å². The number of thiazole rings is 1. The molecule has 1 amide bonds. The molecule has 0 saturated heterocycles. The van der Waals surface area contributed by atoms with Crippen LogP contribution in [0.15, 0.2) is 60.0 Å². The quantitative estimate of drug-likeness (QED) is 0.716. The van der Waals surface area contributed by atoms with E-state index in [0.717, 1.165) is 21.8 Å². The van der Waals surface area contributed by atoms with Crippen molar-refractivity contribution in [2.45, 2.75) is 12.5 Å². The van der Waals surface area contributed by atoms with Gasteiger partial charge in [-0.2, -0.15) is 5.26 Å². The molecule has 0 aliphatic carbocycles. The van der Waals surface area contributed by atoms with Crippen LogP contribution in [0.2, 0.25) is 0 Å². The Hall–Kier alpha value is -2.97. The van der Waals surface area contributed by atoms with Crippen LogP contribution in [0.25, 0.3) is 11.3 Å². The van der Waals surface area contributed by atoms with E-state index < -0.39 is 6.04 Å². The first-order valence-corrected chi connectivity index (χ1v) is 8.95. The van der Waals surface area contributed by atoms with E-state index in [1.165, 1.54) is 0 Å². The van der Waals surface area contributed by atoms with Crippen molar-refractivity contribution in [3.05, 3.63) is 76.1 Å². The minimum Gasteiger partial charge on any atom is -0.318 e. The molecule has 1 aliphatic rings. The Bertz CT molecular complexity index is 958. The molecule has 1 unspecified atom stereocenters. The summed E-state index contributed by atoms with van der Waals surface area (Å²) in [6, 6.07) is 19.1. The molecule has 0 spiro atoms. The van der Waals surface area contributed by atoms with Crippen molar-refractivity contribution >= 4 is 17.2 Å². The van der Waals surface area contributed by atoms with Crippen LogP contribution in [0.1, 0.15) is 27.0 Å². The third-order valence-electron chi connectivity index (χ3n) is 4.37. The molecule has 5 heteroatoms. The number of fused-ring (bicyclic) bond motifs is 1. The van der Waals surface area contributed by atoms with Gasteiger partial charge in [-0.05, 0) is 6.07 Å². The fourth-order valence-corrected chi connectivity index (χ4v) is 3.92. The van der Waals surface area contributed by atoms with Gasteiger partial charge in [-0.15, -0.1) is 11.3 Å². The molecule has 2 aromatic carbocycles. The van der Waals surface area contributed by atoms with Gasteiger partial charge in [0.25, 0.3) is 5.91 Å². The largest absolute Gasteiger partial charge is 0.318 e. The van der Waals surface area contributed by atoms with Crippen molar-refractivity contribution in [3.8, 4) is 17.3 Å². The van der Waals surface area contributed by atoms with E-state index in [4.69, 9.17) is 0 Å². The number of hydrogen-bond acceptors (Lipinski definition) is 4. The maximum atomic E-state index is 12.6. The number of hydrogen-bond donors (Lipinski definition) is 0. The standard InChI is InChI=1S/C20H15N3OS/c21-12-18-15-8-4-5-9-16(15)20(24)23(18)11-10-19-22-17(13-25-19)14-6-2-1-3-7-14/h1-9,13,18H,10-11H2. The van der Waals surface area contributed by atoms with E-state index in [1.54, 1.807) is 22.3 Å². The Labute approximate surface area is 150 Å². The minimum atomic E-state index is -0.503. The van der Waals surface area contributed by atoms with Crippen LogP contribution in [0.4, 0.5) is 0 Å². The molecule has 2 heterocycles. The lowest BCUT2D eigenvalue weighted by Gasteiger charge is -2.19. The summed E-state index contributed by atoms with van der Waals surface area (Å²) in [7, 11) is 0. The number of rotatable bonds is 4. The first-order valence-electron chi connectivity index (χ1n) is 8.07. The smallest absolute Gasteiger partial charge is 0.255 e. The molecule has 3 aromatic rings. The number of carbonyl (C=O) groups excluding carboxylic acids is 1. The lowest BCUT2D eigenvalue weighted by molar-refractivity contribution is 0.0759. The topological polar surface area (TPSA) is 57.0 Å². The Morgan fingerprint density at radius 2 is 1.88 bits per heavy atom. The van der Waals surface area contributed by atoms with E-state index in [9.17, 15) is 10.1 Å². The highest BCUT2D eigenvalue weighted by molar-refractivity contribution is 7.09. The van der Waals surface area contributed by atoms with Crippen LogP contribution in [0.3, 0.4) is 0 Å². The number of aromatic nitrogens is 1. The van der Waals surface area contributed by atoms with Gasteiger partial charge in [-0.1, -0.05) is 48.5 Å². The number of nitrogens with zero attached hydrogens (tertiary/aromatic N) is 3. The monoisotopic (exact) mass is 345 g/mol. The number of benzene rings is 2. The Morgan fingerprint density at radius 3 is 2.68 bits per heavy atom. The summed E-state index contributed by atoms with van der Waals surface area (Å²) in [5, 5.41) is 12.5. The van der Waals surface area contributed by atoms with Gasteiger partial charge in [0.15, 0.2) is 0 Å². The summed E-state index contributed by atoms with van der Waals surface area (Å²) in [4.78, 5) is 18.9. The van der Waals surface area contributed by atoms with Crippen molar-refractivity contribution in [3.63, 3.8) is 0 Å². The summed E-state index contributed by atoms with van der Waals surface area (Å²) < 4.78 is 0. The van der Waals surface area contributed by atoms with Crippen LogP contribution >= 0.6 is 11.3 Å². The number of carbonyl (C=O) groups is 1. The molecular weight excluding hydrogens is 330 g/mol. The highest BCUT2D eigenvalue weighted by atomic mass is 32.1. The van der Waals surface area contributed by atoms with Gasteiger partial charge >= 0.3 is 0 Å². The third-order valence-corrected chi connectivity index (χ3v) is 5.28. The zero-order valence-corrected chi connectivity index (χ0v) is 14.2. The molecule has 1 aliphatic heterocycles. The molecule has 122 valence electrons. The number of nitriles is 1. The molecule has 0 fully saturated rings. The van der Waals surface area contributed by atoms with Crippen molar-refractivity contribution in [2.24, 2.45) is 0 Å². The molecule has 1 aromatic heterocycles. The Balaban J connectivity index is 1.50. The second-order valence-electron chi connectivity index (χ2n) is 5.86. The SMILES string of the molecule is N#CC1c2ccccc2C(=O)N1CCc1nc(-c2ccccc2)cs1. The molecule has 0 radical (unpaired) electrons. The maximum absolute atomic E-state index is 12.6. The van der Waals surface area contributed by atoms with Gasteiger partial charge in [0.2, 0.25) is 0 Å². The highest BCUT2D eigenvalue weighted by Gasteiger charge is 2.36. The summed E-state index contributed by atoms with van der Waals surface area (Å²) in [5.74, 6) is -0.0676. The molecule has 4 rings (SSSR count). The molecule has 4 nitrogen and oxygen atoms in total. The molecular formula is C20H15N3OS. The van der Waals surface area contributed by atoms with E-state index >= 15 is 0 Å². The van der Waals surface area contributed by atoms with E-state index in [2.05, 4.69) is 11.1 Å². The van der Waals surface area contributed by atoms with Gasteiger partial charge in [0.1, 0.15) is 6.04 Å². The van der Waals surface area contributed by atoms with Crippen LogP contribution in [0.5, 0.6) is 0 Å². The highest BCUT2D eigenvalue weighted by Crippen LogP contribution is 2.33. The summed E-state index contributed by atoms with van der Waals surface area (Å²) in [6.45, 7) is 0.494. The summed E-state index contributed by atoms with van der Waals surface area (Å²) in [5.41, 5.74) is 3.48. The second-order valence-corrected chi connectivity index (χ2v) is 6.80. The minimum absolute atomic E-state index is 0.0676. The lowest BCUT2D eigenvalue weighted by atomic mass is 10.1. The van der Waals surface area contributed by atoms with Crippen LogP contribution in [-0.4, -0.2) is 22.3 Å². The first kappa shape index (κ1) is 15.6. The van der Waals surface area contributed by atoms with Crippen molar-refractivity contribution in [1.82, 2.24) is 9.88 Å². The first-order chi connectivity index (χ1) is 12.3. The predicted molar refractivity (Wildman–Crippen MR) is 97.1 cm³/mol. The van der Waals surface area contributed by atoms with Gasteiger partial charge in [-0.25, -0.2) is 4.98 Å². The molecule has 1 atom stereocenters. The van der Waals surface area contributed by atoms with Crippen molar-refractivity contribution < 1.29 is 4.79 Å². The van der Waals surface area contributed by atoms with Crippen LogP contribution in [0, 0.1) is 11.3 Å². The average molecular weight is 345 g/mol. The van der Waals surface area contributed by atoms with Gasteiger partial charge in [0.05, 0.1) is 16.8 Å². The molecule has 0 bridgehead atoms. The normalized spacial score (nSPS) is 15.9. The van der Waals surface area contributed by atoms with Crippen LogP contribution < -0.4 is 0 Å². The molecule has 0 saturated carbocycles. The van der Waals surface area contributed by atoms with E-state index in [0.29, 0.717) is 18.5 Å². The lowest BCUT2D eigenvalue weighted by Crippen LogP contribution is -2.29. The fraction of sp³-hybridized carbons (Fsp3) is 0.150. The van der Waals surface area contributed by atoms with Crippen molar-refractivity contribution in [2.75, 3.05) is 6.54 Å². The third kappa shape index (κ3) is 2.81. The van der Waals surface area contributed by atoms with Gasteiger partial charge in [0, 0.05) is 35.0 Å². The maximum Gasteiger partial charge on any atom is 0.255 e. The molecule has 0 N–H and O–H groups in total. The Morgan fingerprint density at radius 1 is 1.12 bits per heavy atom. The van der Waals surface area contributed by atoms with Crippen LogP contribution in [-0.2, 0) is 6.42 Å². The zero-order chi connectivity index (χ0) is 17.2. The van der Waals surface area contributed by atoms with Crippen molar-refractivity contribution in [1.29, 1.82) is 5.26 Å². The number of amides is 1.